The normalized spacial score (nSPS) is 11.9. The van der Waals surface area contributed by atoms with Crippen LogP contribution in [0.25, 0.3) is 10.1 Å². The molecule has 1 heterocycles. The molecular formula is C22H25NO5S. The molecule has 0 spiro atoms. The molecule has 7 heteroatoms. The molecule has 0 saturated heterocycles. The van der Waals surface area contributed by atoms with E-state index in [2.05, 4.69) is 5.32 Å². The predicted octanol–water partition coefficient (Wildman–Crippen LogP) is 3.49. The van der Waals surface area contributed by atoms with E-state index < -0.39 is 6.10 Å². The van der Waals surface area contributed by atoms with Crippen molar-refractivity contribution in [3.8, 4) is 11.5 Å². The molecule has 0 radical (unpaired) electrons. The lowest BCUT2D eigenvalue weighted by Gasteiger charge is -2.13. The topological polar surface area (TPSA) is 77.0 Å². The van der Waals surface area contributed by atoms with E-state index in [9.17, 15) is 9.90 Å². The number of carbonyl (C=O) groups excluding carboxylic acids is 1. The lowest BCUT2D eigenvalue weighted by Crippen LogP contribution is -2.33. The van der Waals surface area contributed by atoms with E-state index in [0.29, 0.717) is 31.2 Å². The first-order valence-electron chi connectivity index (χ1n) is 9.56. The van der Waals surface area contributed by atoms with Crippen LogP contribution in [0.2, 0.25) is 0 Å². The number of nitrogens with one attached hydrogen (secondary N) is 1. The van der Waals surface area contributed by atoms with Gasteiger partial charge in [0.15, 0.2) is 0 Å². The zero-order valence-corrected chi connectivity index (χ0v) is 17.1. The summed E-state index contributed by atoms with van der Waals surface area (Å²) in [5.74, 6) is 1.18. The van der Waals surface area contributed by atoms with Gasteiger partial charge in [0.05, 0.1) is 6.61 Å². The molecule has 0 saturated carbocycles. The number of carbonyl (C=O) groups is 1. The highest BCUT2D eigenvalue weighted by molar-refractivity contribution is 7.20. The Balaban J connectivity index is 1.37. The Morgan fingerprint density at radius 3 is 2.72 bits per heavy atom. The minimum Gasteiger partial charge on any atom is -0.492 e. The summed E-state index contributed by atoms with van der Waals surface area (Å²) in [6.07, 6.45) is -0.598. The molecule has 0 aliphatic heterocycles. The number of hydrogen-bond acceptors (Lipinski definition) is 7. The van der Waals surface area contributed by atoms with E-state index in [4.69, 9.17) is 14.2 Å². The Bertz CT molecular complexity index is 912. The van der Waals surface area contributed by atoms with Crippen LogP contribution in [-0.2, 0) is 4.74 Å². The van der Waals surface area contributed by atoms with E-state index in [1.165, 1.54) is 11.3 Å². The van der Waals surface area contributed by atoms with Gasteiger partial charge in [-0.3, -0.25) is 0 Å². The van der Waals surface area contributed by atoms with Crippen molar-refractivity contribution < 1.29 is 24.1 Å². The number of hydrogen-bond donors (Lipinski definition) is 2. The fourth-order valence-corrected chi connectivity index (χ4v) is 3.63. The molecule has 0 unspecified atom stereocenters. The Morgan fingerprint density at radius 1 is 1.10 bits per heavy atom. The van der Waals surface area contributed by atoms with Crippen molar-refractivity contribution in [2.24, 2.45) is 0 Å². The van der Waals surface area contributed by atoms with Crippen molar-refractivity contribution in [2.75, 3.05) is 32.9 Å². The lowest BCUT2D eigenvalue weighted by atomic mass is 10.2. The first kappa shape index (κ1) is 21.1. The third-order valence-electron chi connectivity index (χ3n) is 4.08. The number of fused-ring (bicyclic) bond motifs is 1. The van der Waals surface area contributed by atoms with Crippen LogP contribution in [-0.4, -0.2) is 50.1 Å². The van der Waals surface area contributed by atoms with Gasteiger partial charge in [-0.25, -0.2) is 4.79 Å². The molecule has 2 N–H and O–H groups in total. The molecule has 1 atom stereocenters. The van der Waals surface area contributed by atoms with E-state index in [-0.39, 0.29) is 12.6 Å². The highest BCUT2D eigenvalue weighted by atomic mass is 32.1. The van der Waals surface area contributed by atoms with Crippen molar-refractivity contribution in [1.29, 1.82) is 0 Å². The molecule has 0 amide bonds. The molecule has 154 valence electrons. The SMILES string of the molecule is CCOC(=O)c1cc2cc(OCCNC[C@H](O)COc3ccccc3)ccc2s1. The van der Waals surface area contributed by atoms with Crippen LogP contribution < -0.4 is 14.8 Å². The average molecular weight is 416 g/mol. The standard InChI is InChI=1S/C22H25NO5S/c1-2-26-22(25)21-13-16-12-19(8-9-20(16)29-21)27-11-10-23-14-17(24)15-28-18-6-4-3-5-7-18/h3-9,12-13,17,23-24H,2,10-11,14-15H2,1H3/t17-/m0/s1. The molecular weight excluding hydrogens is 390 g/mol. The average Bonchev–Trinajstić information content (AvgIpc) is 3.16. The molecule has 3 aromatic rings. The maximum Gasteiger partial charge on any atom is 0.348 e. The van der Waals surface area contributed by atoms with Crippen LogP contribution in [0.5, 0.6) is 11.5 Å². The van der Waals surface area contributed by atoms with Crippen LogP contribution in [0.4, 0.5) is 0 Å². The Kier molecular flexibility index (Phi) is 7.86. The van der Waals surface area contributed by atoms with Crippen molar-refractivity contribution in [2.45, 2.75) is 13.0 Å². The molecule has 0 fully saturated rings. The zero-order valence-electron chi connectivity index (χ0n) is 16.3. The van der Waals surface area contributed by atoms with Crippen LogP contribution in [0.15, 0.2) is 54.6 Å². The molecule has 1 aromatic heterocycles. The molecule has 0 aliphatic rings. The van der Waals surface area contributed by atoms with Gasteiger partial charge in [-0.05, 0) is 48.7 Å². The molecule has 6 nitrogen and oxygen atoms in total. The van der Waals surface area contributed by atoms with Gasteiger partial charge >= 0.3 is 5.97 Å². The second kappa shape index (κ2) is 10.8. The first-order valence-corrected chi connectivity index (χ1v) is 10.4. The fourth-order valence-electron chi connectivity index (χ4n) is 2.69. The van der Waals surface area contributed by atoms with Crippen LogP contribution >= 0.6 is 11.3 Å². The number of aliphatic hydroxyl groups is 1. The lowest BCUT2D eigenvalue weighted by molar-refractivity contribution is 0.0532. The zero-order chi connectivity index (χ0) is 20.5. The predicted molar refractivity (Wildman–Crippen MR) is 114 cm³/mol. The summed E-state index contributed by atoms with van der Waals surface area (Å²) >= 11 is 1.41. The molecule has 2 aromatic carbocycles. The summed E-state index contributed by atoms with van der Waals surface area (Å²) in [6, 6.07) is 17.0. The first-order chi connectivity index (χ1) is 14.2. The highest BCUT2D eigenvalue weighted by Crippen LogP contribution is 2.29. The van der Waals surface area contributed by atoms with Gasteiger partial charge in [0.1, 0.15) is 35.7 Å². The number of para-hydroxylation sites is 1. The summed E-state index contributed by atoms with van der Waals surface area (Å²) in [6.45, 7) is 3.87. The molecule has 29 heavy (non-hydrogen) atoms. The quantitative estimate of drug-likeness (QED) is 0.369. The number of rotatable bonds is 11. The van der Waals surface area contributed by atoms with Gasteiger partial charge in [0.2, 0.25) is 0 Å². The number of ether oxygens (including phenoxy) is 3. The maximum atomic E-state index is 11.8. The second-order valence-electron chi connectivity index (χ2n) is 6.36. The number of thiophene rings is 1. The van der Waals surface area contributed by atoms with Crippen LogP contribution in [0.1, 0.15) is 16.6 Å². The molecule has 0 bridgehead atoms. The minimum atomic E-state index is -0.598. The number of esters is 1. The Labute approximate surface area is 174 Å². The van der Waals surface area contributed by atoms with Gasteiger partial charge < -0.3 is 24.6 Å². The third kappa shape index (κ3) is 6.45. The summed E-state index contributed by atoms with van der Waals surface area (Å²) < 4.78 is 17.3. The van der Waals surface area contributed by atoms with E-state index >= 15 is 0 Å². The summed E-state index contributed by atoms with van der Waals surface area (Å²) in [5, 5.41) is 14.1. The van der Waals surface area contributed by atoms with Gasteiger partial charge in [-0.15, -0.1) is 11.3 Å². The highest BCUT2D eigenvalue weighted by Gasteiger charge is 2.11. The van der Waals surface area contributed by atoms with Crippen molar-refractivity contribution in [3.63, 3.8) is 0 Å². The van der Waals surface area contributed by atoms with Crippen molar-refractivity contribution >= 4 is 27.4 Å². The Hall–Kier alpha value is -2.61. The molecule has 0 aliphatic carbocycles. The number of benzene rings is 2. The maximum absolute atomic E-state index is 11.8. The second-order valence-corrected chi connectivity index (χ2v) is 7.44. The monoisotopic (exact) mass is 415 g/mol. The van der Waals surface area contributed by atoms with Gasteiger partial charge in [-0.2, -0.15) is 0 Å². The van der Waals surface area contributed by atoms with Gasteiger partial charge in [0, 0.05) is 17.8 Å². The summed E-state index contributed by atoms with van der Waals surface area (Å²) in [5.41, 5.74) is 0. The molecule has 3 rings (SSSR count). The summed E-state index contributed by atoms with van der Waals surface area (Å²) in [4.78, 5) is 12.4. The van der Waals surface area contributed by atoms with Crippen molar-refractivity contribution in [3.05, 3.63) is 59.5 Å². The van der Waals surface area contributed by atoms with Crippen LogP contribution in [0, 0.1) is 0 Å². The number of aliphatic hydroxyl groups excluding tert-OH is 1. The largest absolute Gasteiger partial charge is 0.492 e. The third-order valence-corrected chi connectivity index (χ3v) is 5.17. The van der Waals surface area contributed by atoms with E-state index in [1.807, 2.05) is 54.6 Å². The van der Waals surface area contributed by atoms with E-state index in [0.717, 1.165) is 21.6 Å². The summed E-state index contributed by atoms with van der Waals surface area (Å²) in [7, 11) is 0. The minimum absolute atomic E-state index is 0.232. The fraction of sp³-hybridized carbons (Fsp3) is 0.318. The van der Waals surface area contributed by atoms with Gasteiger partial charge in [0.25, 0.3) is 0 Å². The van der Waals surface area contributed by atoms with Gasteiger partial charge in [-0.1, -0.05) is 18.2 Å². The van der Waals surface area contributed by atoms with E-state index in [1.54, 1.807) is 6.92 Å². The smallest absolute Gasteiger partial charge is 0.348 e. The van der Waals surface area contributed by atoms with Crippen LogP contribution in [0.3, 0.4) is 0 Å². The van der Waals surface area contributed by atoms with Crippen molar-refractivity contribution in [1.82, 2.24) is 5.32 Å². The Morgan fingerprint density at radius 2 is 1.93 bits per heavy atom.